The average molecular weight is 413 g/mol. The van der Waals surface area contributed by atoms with E-state index in [9.17, 15) is 31.1 Å². The number of amides is 1. The summed E-state index contributed by atoms with van der Waals surface area (Å²) in [7, 11) is 1.50. The van der Waals surface area contributed by atoms with E-state index in [1.54, 1.807) is 12.3 Å². The zero-order valence-electron chi connectivity index (χ0n) is 14.6. The molecule has 2 fully saturated rings. The predicted octanol–water partition coefficient (Wildman–Crippen LogP) is 3.60. The highest BCUT2D eigenvalue weighted by atomic mass is 19.4. The number of carbonyl (C=O) groups is 1. The molecule has 1 aromatic rings. The van der Waals surface area contributed by atoms with E-state index in [0.29, 0.717) is 18.6 Å². The van der Waals surface area contributed by atoms with Gasteiger partial charge in [0.05, 0.1) is 25.2 Å². The van der Waals surface area contributed by atoms with Crippen LogP contribution in [0, 0.1) is 5.41 Å². The normalized spacial score (nSPS) is 19.2. The van der Waals surface area contributed by atoms with Crippen LogP contribution in [-0.2, 0) is 4.74 Å². The fraction of sp³-hybridized carbons (Fsp3) is 0.625. The Morgan fingerprint density at radius 3 is 2.36 bits per heavy atom. The van der Waals surface area contributed by atoms with E-state index in [-0.39, 0.29) is 24.5 Å². The van der Waals surface area contributed by atoms with Gasteiger partial charge < -0.3 is 19.7 Å². The van der Waals surface area contributed by atoms with Crippen molar-refractivity contribution in [2.75, 3.05) is 25.5 Å². The van der Waals surface area contributed by atoms with Crippen LogP contribution in [0.3, 0.4) is 0 Å². The van der Waals surface area contributed by atoms with Crippen LogP contribution in [0.15, 0.2) is 18.5 Å². The Labute approximate surface area is 155 Å². The Kier molecular flexibility index (Phi) is 5.00. The van der Waals surface area contributed by atoms with Crippen molar-refractivity contribution in [2.45, 2.75) is 37.3 Å². The molecule has 28 heavy (non-hydrogen) atoms. The van der Waals surface area contributed by atoms with Crippen LogP contribution in [0.4, 0.5) is 36.8 Å². The third kappa shape index (κ3) is 4.20. The summed E-state index contributed by atoms with van der Waals surface area (Å²) < 4.78 is 83.5. The quantitative estimate of drug-likeness (QED) is 0.765. The molecule has 1 amide bonds. The fourth-order valence-corrected chi connectivity index (χ4v) is 3.58. The van der Waals surface area contributed by atoms with E-state index in [1.807, 2.05) is 0 Å². The number of alkyl halides is 6. The number of nitrogens with one attached hydrogen (secondary N) is 1. The molecule has 1 saturated heterocycles. The van der Waals surface area contributed by atoms with E-state index < -0.39 is 24.5 Å². The highest BCUT2D eigenvalue weighted by Crippen LogP contribution is 2.50. The van der Waals surface area contributed by atoms with E-state index in [4.69, 9.17) is 4.74 Å². The van der Waals surface area contributed by atoms with Crippen LogP contribution in [-0.4, -0.2) is 60.7 Å². The van der Waals surface area contributed by atoms with Crippen molar-refractivity contribution in [1.82, 2.24) is 9.88 Å². The first-order valence-corrected chi connectivity index (χ1v) is 8.26. The average Bonchev–Trinajstić information content (AvgIpc) is 2.51. The summed E-state index contributed by atoms with van der Waals surface area (Å²) in [5.41, 5.74) is 0.419. The number of halogens is 6. The topological polar surface area (TPSA) is 63.7 Å². The second kappa shape index (κ2) is 6.89. The molecule has 1 N–H and O–H groups in total. The van der Waals surface area contributed by atoms with Gasteiger partial charge in [-0.15, -0.1) is 0 Å². The number of nitrogens with zero attached hydrogens (tertiary/aromatic N) is 2. The van der Waals surface area contributed by atoms with Gasteiger partial charge in [0.2, 0.25) is 0 Å². The molecule has 0 radical (unpaired) electrons. The summed E-state index contributed by atoms with van der Waals surface area (Å²) in [6.45, 7) is 0.117. The van der Waals surface area contributed by atoms with Gasteiger partial charge in [0.15, 0.2) is 0 Å². The van der Waals surface area contributed by atoms with E-state index in [1.165, 1.54) is 13.3 Å². The highest BCUT2D eigenvalue weighted by Gasteiger charge is 2.61. The van der Waals surface area contributed by atoms with Crippen molar-refractivity contribution in [3.05, 3.63) is 18.5 Å². The molecular formula is C16H17F6N3O3. The second-order valence-corrected chi connectivity index (χ2v) is 7.07. The van der Waals surface area contributed by atoms with E-state index in [0.717, 1.165) is 10.6 Å². The molecule has 2 aliphatic rings. The van der Waals surface area contributed by atoms with Crippen molar-refractivity contribution in [3.8, 4) is 5.75 Å². The number of rotatable bonds is 4. The number of likely N-dealkylation sites (tertiary alicyclic amines) is 1. The third-order valence-electron chi connectivity index (χ3n) is 4.80. The van der Waals surface area contributed by atoms with Crippen LogP contribution in [0.5, 0.6) is 5.75 Å². The standard InChI is InChI=1S/C16H17F6N3O3/c1-27-11-2-9(5-23-6-11)24-10-3-14(4-10)7-25(8-14)13(26)28-12(15(17,18)19)16(20,21)22/h2,5-6,10,12,24H,3-4,7-8H2,1H3. The Morgan fingerprint density at radius 1 is 1.21 bits per heavy atom. The first kappa shape index (κ1) is 20.3. The summed E-state index contributed by atoms with van der Waals surface area (Å²) in [5.74, 6) is 0.570. The van der Waals surface area contributed by atoms with Gasteiger partial charge in [-0.1, -0.05) is 0 Å². The summed E-state index contributed by atoms with van der Waals surface area (Å²) in [5, 5.41) is 3.22. The van der Waals surface area contributed by atoms with Gasteiger partial charge in [-0.3, -0.25) is 4.98 Å². The van der Waals surface area contributed by atoms with Crippen LogP contribution in [0.25, 0.3) is 0 Å². The van der Waals surface area contributed by atoms with Crippen LogP contribution in [0.1, 0.15) is 12.8 Å². The van der Waals surface area contributed by atoms with E-state index in [2.05, 4.69) is 15.0 Å². The van der Waals surface area contributed by atoms with Crippen LogP contribution in [0.2, 0.25) is 0 Å². The number of hydrogen-bond acceptors (Lipinski definition) is 5. The Bertz CT molecular complexity index is 711. The number of pyridine rings is 1. The molecule has 1 saturated carbocycles. The first-order valence-electron chi connectivity index (χ1n) is 8.26. The molecule has 0 aromatic carbocycles. The summed E-state index contributed by atoms with van der Waals surface area (Å²) in [4.78, 5) is 16.5. The lowest BCUT2D eigenvalue weighted by molar-refractivity contribution is -0.309. The molecule has 0 bridgehead atoms. The lowest BCUT2D eigenvalue weighted by Crippen LogP contribution is -2.66. The Balaban J connectivity index is 1.48. The highest BCUT2D eigenvalue weighted by molar-refractivity contribution is 5.69. The van der Waals surface area contributed by atoms with Crippen molar-refractivity contribution in [1.29, 1.82) is 0 Å². The van der Waals surface area contributed by atoms with Gasteiger partial charge in [-0.2, -0.15) is 26.3 Å². The van der Waals surface area contributed by atoms with Gasteiger partial charge in [0.1, 0.15) is 5.75 Å². The maximum Gasteiger partial charge on any atom is 0.434 e. The number of carbonyl (C=O) groups excluding carboxylic acids is 1. The summed E-state index contributed by atoms with van der Waals surface area (Å²) in [6.07, 6.45) is -12.8. The van der Waals surface area contributed by atoms with Gasteiger partial charge >= 0.3 is 18.4 Å². The Morgan fingerprint density at radius 2 is 1.82 bits per heavy atom. The number of anilines is 1. The molecule has 1 spiro atoms. The minimum absolute atomic E-state index is 0.0583. The first-order chi connectivity index (χ1) is 12.9. The monoisotopic (exact) mass is 413 g/mol. The molecule has 0 unspecified atom stereocenters. The van der Waals surface area contributed by atoms with E-state index >= 15 is 0 Å². The maximum atomic E-state index is 12.5. The van der Waals surface area contributed by atoms with Crippen LogP contribution >= 0.6 is 0 Å². The largest absolute Gasteiger partial charge is 0.495 e. The molecular weight excluding hydrogens is 396 g/mol. The Hall–Kier alpha value is -2.40. The van der Waals surface area contributed by atoms with Gasteiger partial charge in [-0.05, 0) is 12.8 Å². The fourth-order valence-electron chi connectivity index (χ4n) is 3.58. The summed E-state index contributed by atoms with van der Waals surface area (Å²) in [6, 6.07) is 1.81. The van der Waals surface area contributed by atoms with Gasteiger partial charge in [-0.25, -0.2) is 4.79 Å². The third-order valence-corrected chi connectivity index (χ3v) is 4.80. The zero-order chi connectivity index (χ0) is 20.7. The molecule has 1 aromatic heterocycles. The molecule has 12 heteroatoms. The second-order valence-electron chi connectivity index (χ2n) is 7.07. The molecule has 1 aliphatic heterocycles. The zero-order valence-corrected chi connectivity index (χ0v) is 14.6. The SMILES string of the molecule is COc1cncc(NC2CC3(C2)CN(C(=O)OC(C(F)(F)F)C(F)(F)F)C3)c1. The minimum atomic E-state index is -5.72. The minimum Gasteiger partial charge on any atom is -0.495 e. The smallest absolute Gasteiger partial charge is 0.434 e. The number of hydrogen-bond donors (Lipinski definition) is 1. The number of methoxy groups -OCH3 is 1. The lowest BCUT2D eigenvalue weighted by Gasteiger charge is -2.58. The predicted molar refractivity (Wildman–Crippen MR) is 83.8 cm³/mol. The maximum absolute atomic E-state index is 12.5. The molecule has 3 rings (SSSR count). The van der Waals surface area contributed by atoms with Crippen molar-refractivity contribution in [3.63, 3.8) is 0 Å². The molecule has 1 aliphatic carbocycles. The van der Waals surface area contributed by atoms with Crippen LogP contribution < -0.4 is 10.1 Å². The molecule has 2 heterocycles. The van der Waals surface area contributed by atoms with Crippen molar-refractivity contribution >= 4 is 11.8 Å². The van der Waals surface area contributed by atoms with Gasteiger partial charge in [0.25, 0.3) is 6.10 Å². The van der Waals surface area contributed by atoms with Gasteiger partial charge in [0, 0.05) is 30.6 Å². The lowest BCUT2D eigenvalue weighted by atomic mass is 9.61. The number of ether oxygens (including phenoxy) is 2. The molecule has 0 atom stereocenters. The van der Waals surface area contributed by atoms with Crippen molar-refractivity contribution < 1.29 is 40.6 Å². The van der Waals surface area contributed by atoms with Crippen molar-refractivity contribution in [2.24, 2.45) is 5.41 Å². The number of aromatic nitrogens is 1. The summed E-state index contributed by atoms with van der Waals surface area (Å²) >= 11 is 0. The molecule has 156 valence electrons. The molecule has 6 nitrogen and oxygen atoms in total.